The van der Waals surface area contributed by atoms with E-state index in [2.05, 4.69) is 9.71 Å². The number of methoxy groups -OCH3 is 1. The molecule has 0 saturated carbocycles. The molecule has 0 unspecified atom stereocenters. The number of ether oxygens (including phenoxy) is 1. The number of sulfonamides is 1. The van der Waals surface area contributed by atoms with Gasteiger partial charge in [-0.05, 0) is 31.0 Å². The molecule has 0 aliphatic carbocycles. The minimum Gasteiger partial charge on any atom is -0.481 e. The highest BCUT2D eigenvalue weighted by molar-refractivity contribution is 7.90. The molecule has 1 aromatic heterocycles. The number of likely N-dealkylation sites (tertiary alicyclic amines) is 1. The van der Waals surface area contributed by atoms with E-state index in [1.807, 2.05) is 6.07 Å². The van der Waals surface area contributed by atoms with E-state index < -0.39 is 15.3 Å². The standard InChI is InChI=1S/C19H23N3O4S/c1-26-18-16(9-5-11-20-18)13-21-27(24,25)17-10-6-12-22(14-17)19(23)15-7-3-2-4-8-15/h2-5,7-9,11,17,21H,6,10,12-14H2,1H3/t17-/m1/s1. The summed E-state index contributed by atoms with van der Waals surface area (Å²) in [7, 11) is -2.09. The number of piperidine rings is 1. The monoisotopic (exact) mass is 389 g/mol. The van der Waals surface area contributed by atoms with Crippen LogP contribution in [0.5, 0.6) is 5.88 Å². The Balaban J connectivity index is 1.66. The molecule has 1 aliphatic heterocycles. The maximum absolute atomic E-state index is 12.8. The Kier molecular flexibility index (Phi) is 6.08. The van der Waals surface area contributed by atoms with Crippen LogP contribution in [0.4, 0.5) is 0 Å². The summed E-state index contributed by atoms with van der Waals surface area (Å²) in [6.07, 6.45) is 2.77. The summed E-state index contributed by atoms with van der Waals surface area (Å²) in [6, 6.07) is 12.4. The molecule has 2 aromatic rings. The third-order valence-electron chi connectivity index (χ3n) is 4.63. The van der Waals surface area contributed by atoms with Crippen molar-refractivity contribution in [2.45, 2.75) is 24.6 Å². The van der Waals surface area contributed by atoms with Crippen molar-refractivity contribution in [3.05, 3.63) is 59.8 Å². The molecule has 1 aliphatic rings. The molecule has 144 valence electrons. The van der Waals surface area contributed by atoms with Crippen molar-refractivity contribution in [2.24, 2.45) is 0 Å². The van der Waals surface area contributed by atoms with Gasteiger partial charge in [-0.25, -0.2) is 18.1 Å². The van der Waals surface area contributed by atoms with E-state index in [4.69, 9.17) is 4.74 Å². The Morgan fingerprint density at radius 3 is 2.78 bits per heavy atom. The summed E-state index contributed by atoms with van der Waals surface area (Å²) >= 11 is 0. The maximum atomic E-state index is 12.8. The molecular weight excluding hydrogens is 366 g/mol. The van der Waals surface area contributed by atoms with Gasteiger partial charge in [0.25, 0.3) is 5.91 Å². The molecular formula is C19H23N3O4S. The summed E-state index contributed by atoms with van der Waals surface area (Å²) < 4.78 is 33.3. The minimum absolute atomic E-state index is 0.0997. The number of aromatic nitrogens is 1. The van der Waals surface area contributed by atoms with Crippen LogP contribution in [-0.4, -0.2) is 49.7 Å². The molecule has 7 nitrogen and oxygen atoms in total. The zero-order chi connectivity index (χ0) is 19.3. The Hall–Kier alpha value is -2.45. The highest BCUT2D eigenvalue weighted by atomic mass is 32.2. The van der Waals surface area contributed by atoms with Crippen LogP contribution in [0, 0.1) is 0 Å². The van der Waals surface area contributed by atoms with Crippen LogP contribution in [0.3, 0.4) is 0 Å². The Morgan fingerprint density at radius 1 is 1.26 bits per heavy atom. The summed E-state index contributed by atoms with van der Waals surface area (Å²) in [4.78, 5) is 18.3. The fourth-order valence-corrected chi connectivity index (χ4v) is 4.62. The van der Waals surface area contributed by atoms with Gasteiger partial charge in [0.05, 0.1) is 12.4 Å². The summed E-state index contributed by atoms with van der Waals surface area (Å²) in [6.45, 7) is 0.853. The smallest absolute Gasteiger partial charge is 0.253 e. The van der Waals surface area contributed by atoms with Gasteiger partial charge in [0.15, 0.2) is 0 Å². The highest BCUT2D eigenvalue weighted by Crippen LogP contribution is 2.20. The third kappa shape index (κ3) is 4.64. The fraction of sp³-hybridized carbons (Fsp3) is 0.368. The Morgan fingerprint density at radius 2 is 2.04 bits per heavy atom. The summed E-state index contributed by atoms with van der Waals surface area (Å²) in [5.41, 5.74) is 1.24. The lowest BCUT2D eigenvalue weighted by Gasteiger charge is -2.32. The van der Waals surface area contributed by atoms with Crippen molar-refractivity contribution < 1.29 is 17.9 Å². The van der Waals surface area contributed by atoms with Gasteiger partial charge in [-0.15, -0.1) is 0 Å². The molecule has 0 radical (unpaired) electrons. The highest BCUT2D eigenvalue weighted by Gasteiger charge is 2.32. The van der Waals surface area contributed by atoms with Crippen molar-refractivity contribution in [3.8, 4) is 5.88 Å². The van der Waals surface area contributed by atoms with Crippen molar-refractivity contribution in [1.29, 1.82) is 0 Å². The van der Waals surface area contributed by atoms with Gasteiger partial charge >= 0.3 is 0 Å². The second-order valence-electron chi connectivity index (χ2n) is 6.42. The van der Waals surface area contributed by atoms with Crippen molar-refractivity contribution in [3.63, 3.8) is 0 Å². The van der Waals surface area contributed by atoms with Gasteiger partial charge in [-0.3, -0.25) is 4.79 Å². The normalized spacial score (nSPS) is 17.5. The first kappa shape index (κ1) is 19.3. The van der Waals surface area contributed by atoms with E-state index >= 15 is 0 Å². The number of hydrogen-bond donors (Lipinski definition) is 1. The van der Waals surface area contributed by atoms with Gasteiger partial charge in [0.2, 0.25) is 15.9 Å². The molecule has 3 rings (SSSR count). The summed E-state index contributed by atoms with van der Waals surface area (Å²) in [5.74, 6) is 0.258. The van der Waals surface area contributed by atoms with E-state index in [1.165, 1.54) is 7.11 Å². The molecule has 2 heterocycles. The SMILES string of the molecule is COc1ncccc1CNS(=O)(=O)[C@@H]1CCCN(C(=O)c2ccccc2)C1. The molecule has 0 spiro atoms. The number of hydrogen-bond acceptors (Lipinski definition) is 5. The average Bonchev–Trinajstić information content (AvgIpc) is 2.72. The minimum atomic E-state index is -3.58. The topological polar surface area (TPSA) is 88.6 Å². The second-order valence-corrected chi connectivity index (χ2v) is 8.46. The lowest BCUT2D eigenvalue weighted by Crippen LogP contribution is -2.48. The molecule has 1 atom stereocenters. The number of benzene rings is 1. The fourth-order valence-electron chi connectivity index (χ4n) is 3.18. The zero-order valence-electron chi connectivity index (χ0n) is 15.2. The molecule has 1 N–H and O–H groups in total. The summed E-state index contributed by atoms with van der Waals surface area (Å²) in [5, 5.41) is -0.637. The Labute approximate surface area is 159 Å². The van der Waals surface area contributed by atoms with E-state index in [0.717, 1.165) is 0 Å². The first-order valence-electron chi connectivity index (χ1n) is 8.82. The zero-order valence-corrected chi connectivity index (χ0v) is 16.0. The number of nitrogens with one attached hydrogen (secondary N) is 1. The van der Waals surface area contributed by atoms with E-state index in [9.17, 15) is 13.2 Å². The average molecular weight is 389 g/mol. The lowest BCUT2D eigenvalue weighted by molar-refractivity contribution is 0.0726. The number of pyridine rings is 1. The van der Waals surface area contributed by atoms with Crippen molar-refractivity contribution >= 4 is 15.9 Å². The van der Waals surface area contributed by atoms with Gasteiger partial charge in [-0.2, -0.15) is 0 Å². The first-order valence-corrected chi connectivity index (χ1v) is 10.4. The maximum Gasteiger partial charge on any atom is 0.253 e. The predicted molar refractivity (Wildman–Crippen MR) is 102 cm³/mol. The molecule has 1 saturated heterocycles. The molecule has 1 fully saturated rings. The first-order chi connectivity index (χ1) is 13.0. The van der Waals surface area contributed by atoms with Crippen LogP contribution in [0.1, 0.15) is 28.8 Å². The van der Waals surface area contributed by atoms with Crippen molar-refractivity contribution in [2.75, 3.05) is 20.2 Å². The number of carbonyl (C=O) groups excluding carboxylic acids is 1. The van der Waals surface area contributed by atoms with Gasteiger partial charge < -0.3 is 9.64 Å². The largest absolute Gasteiger partial charge is 0.481 e. The number of amides is 1. The van der Waals surface area contributed by atoms with Gasteiger partial charge in [-0.1, -0.05) is 24.3 Å². The Bertz CT molecular complexity index is 887. The molecule has 1 amide bonds. The number of rotatable bonds is 6. The van der Waals surface area contributed by atoms with Crippen LogP contribution in [0.25, 0.3) is 0 Å². The van der Waals surface area contributed by atoms with Gasteiger partial charge in [0.1, 0.15) is 0 Å². The molecule has 8 heteroatoms. The molecule has 1 aromatic carbocycles. The van der Waals surface area contributed by atoms with E-state index in [-0.39, 0.29) is 19.0 Å². The van der Waals surface area contributed by atoms with Crippen LogP contribution in [0.15, 0.2) is 48.7 Å². The van der Waals surface area contributed by atoms with Crippen LogP contribution in [0.2, 0.25) is 0 Å². The van der Waals surface area contributed by atoms with Gasteiger partial charge in [0, 0.05) is 37.0 Å². The second kappa shape index (κ2) is 8.49. The van der Waals surface area contributed by atoms with Crippen LogP contribution < -0.4 is 9.46 Å². The predicted octanol–water partition coefficient (Wildman–Crippen LogP) is 1.81. The number of nitrogens with zero attached hydrogens (tertiary/aromatic N) is 2. The third-order valence-corrected chi connectivity index (χ3v) is 6.44. The van der Waals surface area contributed by atoms with Crippen molar-refractivity contribution in [1.82, 2.24) is 14.6 Å². The van der Waals surface area contributed by atoms with Crippen LogP contribution in [-0.2, 0) is 16.6 Å². The quantitative estimate of drug-likeness (QED) is 0.814. The lowest BCUT2D eigenvalue weighted by atomic mass is 10.1. The van der Waals surface area contributed by atoms with Crippen LogP contribution >= 0.6 is 0 Å². The van der Waals surface area contributed by atoms with E-state index in [1.54, 1.807) is 47.5 Å². The molecule has 27 heavy (non-hydrogen) atoms. The molecule has 0 bridgehead atoms. The number of carbonyl (C=O) groups is 1. The van der Waals surface area contributed by atoms with E-state index in [0.29, 0.717) is 36.4 Å².